The molecular formula is C17H15BrO4. The average molecular weight is 363 g/mol. The van der Waals surface area contributed by atoms with E-state index in [1.807, 2.05) is 36.4 Å². The maximum absolute atomic E-state index is 11.2. The fraction of sp³-hybridized carbons (Fsp3) is 0.118. The highest BCUT2D eigenvalue weighted by Crippen LogP contribution is 2.23. The molecule has 0 saturated heterocycles. The van der Waals surface area contributed by atoms with Crippen LogP contribution in [0.2, 0.25) is 0 Å². The van der Waals surface area contributed by atoms with Crippen molar-refractivity contribution in [2.75, 3.05) is 13.7 Å². The number of methoxy groups -OCH3 is 1. The van der Waals surface area contributed by atoms with Gasteiger partial charge in [-0.2, -0.15) is 0 Å². The molecule has 0 bridgehead atoms. The minimum atomic E-state index is -1.02. The Hall–Kier alpha value is -2.27. The van der Waals surface area contributed by atoms with E-state index < -0.39 is 5.97 Å². The molecule has 2 aromatic rings. The molecule has 0 aromatic heterocycles. The Balaban J connectivity index is 2.01. The highest BCUT2D eigenvalue weighted by molar-refractivity contribution is 9.10. The quantitative estimate of drug-likeness (QED) is 0.834. The molecule has 2 aromatic carbocycles. The minimum Gasteiger partial charge on any atom is -0.497 e. The lowest BCUT2D eigenvalue weighted by atomic mass is 10.2. The molecule has 22 heavy (non-hydrogen) atoms. The predicted molar refractivity (Wildman–Crippen MR) is 88.6 cm³/mol. The van der Waals surface area contributed by atoms with Gasteiger partial charge >= 0.3 is 5.97 Å². The number of carboxylic acid groups (broad SMARTS) is 1. The highest BCUT2D eigenvalue weighted by Gasteiger charge is 2.11. The summed E-state index contributed by atoms with van der Waals surface area (Å²) in [7, 11) is 1.62. The first kappa shape index (κ1) is 16.1. The molecule has 0 aliphatic carbocycles. The standard InChI is InChI=1S/C17H15BrO4/c1-21-14-6-2-4-12(10-14)5-3-9-22-16-8-7-13(18)11-15(16)17(19)20/h2-8,10-11H,9H2,1H3,(H,19,20)/b5-3+. The molecule has 0 saturated carbocycles. The summed E-state index contributed by atoms with van der Waals surface area (Å²) in [5, 5.41) is 9.15. The van der Waals surface area contributed by atoms with Gasteiger partial charge in [0.2, 0.25) is 0 Å². The molecular weight excluding hydrogens is 348 g/mol. The maximum Gasteiger partial charge on any atom is 0.339 e. The lowest BCUT2D eigenvalue weighted by Gasteiger charge is -2.07. The van der Waals surface area contributed by atoms with Gasteiger partial charge in [-0.25, -0.2) is 4.79 Å². The Morgan fingerprint density at radius 1 is 1.27 bits per heavy atom. The highest BCUT2D eigenvalue weighted by atomic mass is 79.9. The molecule has 0 heterocycles. The van der Waals surface area contributed by atoms with Gasteiger partial charge in [0.15, 0.2) is 0 Å². The van der Waals surface area contributed by atoms with E-state index in [1.54, 1.807) is 19.2 Å². The summed E-state index contributed by atoms with van der Waals surface area (Å²) in [5.41, 5.74) is 1.11. The van der Waals surface area contributed by atoms with E-state index in [0.717, 1.165) is 11.3 Å². The Kier molecular flexibility index (Phi) is 5.61. The normalized spacial score (nSPS) is 10.6. The van der Waals surface area contributed by atoms with E-state index in [9.17, 15) is 4.79 Å². The Morgan fingerprint density at radius 2 is 2.09 bits per heavy atom. The number of rotatable bonds is 6. The molecule has 1 N–H and O–H groups in total. The van der Waals surface area contributed by atoms with Crippen LogP contribution in [-0.4, -0.2) is 24.8 Å². The van der Waals surface area contributed by atoms with Crippen LogP contribution in [-0.2, 0) is 0 Å². The van der Waals surface area contributed by atoms with Crippen LogP contribution in [0.1, 0.15) is 15.9 Å². The number of benzene rings is 2. The zero-order valence-electron chi connectivity index (χ0n) is 12.0. The van der Waals surface area contributed by atoms with Crippen LogP contribution in [0, 0.1) is 0 Å². The summed E-state index contributed by atoms with van der Waals surface area (Å²) in [6.45, 7) is 0.277. The Labute approximate surface area is 137 Å². The SMILES string of the molecule is COc1cccc(/C=C/COc2ccc(Br)cc2C(=O)O)c1. The molecule has 2 rings (SSSR count). The van der Waals surface area contributed by atoms with Gasteiger partial charge in [-0.1, -0.05) is 34.1 Å². The van der Waals surface area contributed by atoms with Gasteiger partial charge < -0.3 is 14.6 Å². The van der Waals surface area contributed by atoms with Crippen LogP contribution in [0.25, 0.3) is 6.08 Å². The predicted octanol–water partition coefficient (Wildman–Crippen LogP) is 4.25. The van der Waals surface area contributed by atoms with E-state index in [-0.39, 0.29) is 12.2 Å². The summed E-state index contributed by atoms with van der Waals surface area (Å²) < 4.78 is 11.4. The third-order valence-electron chi connectivity index (χ3n) is 2.91. The largest absolute Gasteiger partial charge is 0.497 e. The number of carbonyl (C=O) groups is 1. The lowest BCUT2D eigenvalue weighted by Crippen LogP contribution is -2.03. The van der Waals surface area contributed by atoms with Crippen LogP contribution in [0.4, 0.5) is 0 Å². The maximum atomic E-state index is 11.2. The van der Waals surface area contributed by atoms with Gasteiger partial charge in [0.05, 0.1) is 7.11 Å². The van der Waals surface area contributed by atoms with Crippen LogP contribution in [0.15, 0.2) is 53.0 Å². The van der Waals surface area contributed by atoms with Gasteiger partial charge in [-0.3, -0.25) is 0 Å². The van der Waals surface area contributed by atoms with Crippen LogP contribution in [0.3, 0.4) is 0 Å². The van der Waals surface area contributed by atoms with Crippen LogP contribution in [0.5, 0.6) is 11.5 Å². The molecule has 0 aliphatic rings. The molecule has 5 heteroatoms. The van der Waals surface area contributed by atoms with E-state index >= 15 is 0 Å². The fourth-order valence-electron chi connectivity index (χ4n) is 1.86. The molecule has 0 atom stereocenters. The molecule has 4 nitrogen and oxygen atoms in total. The Morgan fingerprint density at radius 3 is 2.82 bits per heavy atom. The van der Waals surface area contributed by atoms with Crippen molar-refractivity contribution < 1.29 is 19.4 Å². The van der Waals surface area contributed by atoms with Crippen molar-refractivity contribution in [2.24, 2.45) is 0 Å². The number of hydrogen-bond acceptors (Lipinski definition) is 3. The molecule has 0 amide bonds. The van der Waals surface area contributed by atoms with Crippen molar-refractivity contribution in [1.82, 2.24) is 0 Å². The van der Waals surface area contributed by atoms with Crippen LogP contribution >= 0.6 is 15.9 Å². The number of hydrogen-bond donors (Lipinski definition) is 1. The molecule has 0 aliphatic heterocycles. The van der Waals surface area contributed by atoms with E-state index in [1.165, 1.54) is 6.07 Å². The molecule has 114 valence electrons. The number of carboxylic acids is 1. The first-order chi connectivity index (χ1) is 10.6. The van der Waals surface area contributed by atoms with Gasteiger partial charge in [0.25, 0.3) is 0 Å². The fourth-order valence-corrected chi connectivity index (χ4v) is 2.22. The third kappa shape index (κ3) is 4.36. The van der Waals surface area contributed by atoms with Gasteiger partial charge in [0, 0.05) is 4.47 Å². The molecule has 0 spiro atoms. The van der Waals surface area contributed by atoms with Gasteiger partial charge in [-0.05, 0) is 42.0 Å². The van der Waals surface area contributed by atoms with Crippen LogP contribution < -0.4 is 9.47 Å². The average Bonchev–Trinajstić information content (AvgIpc) is 2.52. The first-order valence-electron chi connectivity index (χ1n) is 6.56. The number of ether oxygens (including phenoxy) is 2. The minimum absolute atomic E-state index is 0.129. The number of halogens is 1. The number of aromatic carboxylic acids is 1. The zero-order chi connectivity index (χ0) is 15.9. The Bertz CT molecular complexity index is 695. The summed E-state index contributed by atoms with van der Waals surface area (Å²) in [6, 6.07) is 12.5. The van der Waals surface area contributed by atoms with Crippen molar-refractivity contribution in [3.63, 3.8) is 0 Å². The van der Waals surface area contributed by atoms with Crippen molar-refractivity contribution in [3.05, 3.63) is 64.1 Å². The zero-order valence-corrected chi connectivity index (χ0v) is 13.5. The molecule has 0 fully saturated rings. The van der Waals surface area contributed by atoms with E-state index in [4.69, 9.17) is 14.6 Å². The van der Waals surface area contributed by atoms with E-state index in [0.29, 0.717) is 10.2 Å². The summed E-state index contributed by atoms with van der Waals surface area (Å²) in [4.78, 5) is 11.2. The summed E-state index contributed by atoms with van der Waals surface area (Å²) >= 11 is 3.25. The van der Waals surface area contributed by atoms with Gasteiger partial charge in [0.1, 0.15) is 23.7 Å². The second kappa shape index (κ2) is 7.66. The summed E-state index contributed by atoms with van der Waals surface area (Å²) in [5.74, 6) is 0.100. The van der Waals surface area contributed by atoms with Crippen molar-refractivity contribution in [2.45, 2.75) is 0 Å². The molecule has 0 unspecified atom stereocenters. The molecule has 0 radical (unpaired) electrons. The van der Waals surface area contributed by atoms with Gasteiger partial charge in [-0.15, -0.1) is 0 Å². The summed E-state index contributed by atoms with van der Waals surface area (Å²) in [6.07, 6.45) is 3.71. The topological polar surface area (TPSA) is 55.8 Å². The second-order valence-electron chi connectivity index (χ2n) is 4.44. The van der Waals surface area contributed by atoms with Crippen molar-refractivity contribution in [1.29, 1.82) is 0 Å². The van der Waals surface area contributed by atoms with Crippen molar-refractivity contribution >= 4 is 28.0 Å². The van der Waals surface area contributed by atoms with E-state index in [2.05, 4.69) is 15.9 Å². The second-order valence-corrected chi connectivity index (χ2v) is 5.35. The van der Waals surface area contributed by atoms with Crippen molar-refractivity contribution in [3.8, 4) is 11.5 Å². The lowest BCUT2D eigenvalue weighted by molar-refractivity contribution is 0.0692. The first-order valence-corrected chi connectivity index (χ1v) is 7.35. The monoisotopic (exact) mass is 362 g/mol. The smallest absolute Gasteiger partial charge is 0.339 e. The third-order valence-corrected chi connectivity index (χ3v) is 3.40.